The van der Waals surface area contributed by atoms with Crippen LogP contribution in [0.25, 0.3) is 0 Å². The van der Waals surface area contributed by atoms with Crippen molar-refractivity contribution in [3.8, 4) is 11.5 Å². The van der Waals surface area contributed by atoms with E-state index in [0.29, 0.717) is 23.7 Å². The van der Waals surface area contributed by atoms with Crippen LogP contribution < -0.4 is 9.47 Å². The average molecular weight is 445 g/mol. The average Bonchev–Trinajstić information content (AvgIpc) is 3.31. The summed E-state index contributed by atoms with van der Waals surface area (Å²) in [5, 5.41) is 0. The summed E-state index contributed by atoms with van der Waals surface area (Å²) < 4.78 is 32.3. The lowest BCUT2D eigenvalue weighted by atomic mass is 9.81. The second kappa shape index (κ2) is 12.0. The number of benzene rings is 2. The molecule has 0 saturated heterocycles. The highest BCUT2D eigenvalue weighted by Gasteiger charge is 2.32. The van der Waals surface area contributed by atoms with Gasteiger partial charge in [0.2, 0.25) is 0 Å². The Hall–Kier alpha value is -2.45. The van der Waals surface area contributed by atoms with Crippen LogP contribution in [-0.4, -0.2) is 48.0 Å². The molecule has 2 aromatic carbocycles. The predicted molar refractivity (Wildman–Crippen MR) is 119 cm³/mol. The van der Waals surface area contributed by atoms with Crippen molar-refractivity contribution >= 4 is 6.29 Å². The molecule has 7 nitrogen and oxygen atoms in total. The molecule has 2 atom stereocenters. The molecular formula is C25H32O7. The molecule has 32 heavy (non-hydrogen) atoms. The lowest BCUT2D eigenvalue weighted by Crippen LogP contribution is -2.21. The Bertz CT molecular complexity index is 879. The first-order chi connectivity index (χ1) is 15.6. The minimum Gasteiger partial charge on any atom is -0.468 e. The van der Waals surface area contributed by atoms with Gasteiger partial charge < -0.3 is 28.4 Å². The molecule has 174 valence electrons. The third-order valence-corrected chi connectivity index (χ3v) is 5.79. The van der Waals surface area contributed by atoms with Gasteiger partial charge in [0, 0.05) is 34.0 Å². The lowest BCUT2D eigenvalue weighted by molar-refractivity contribution is -0.219. The van der Waals surface area contributed by atoms with E-state index in [1.807, 2.05) is 24.3 Å². The summed E-state index contributed by atoms with van der Waals surface area (Å²) in [6.07, 6.45) is 3.99. The summed E-state index contributed by atoms with van der Waals surface area (Å²) in [5.74, 6) is 1.77. The van der Waals surface area contributed by atoms with Crippen molar-refractivity contribution in [2.75, 3.05) is 35.2 Å². The Morgan fingerprint density at radius 2 is 1.72 bits per heavy atom. The molecular weight excluding hydrogens is 412 g/mol. The van der Waals surface area contributed by atoms with Crippen LogP contribution in [-0.2, 0) is 25.6 Å². The van der Waals surface area contributed by atoms with Gasteiger partial charge in [0.1, 0.15) is 17.8 Å². The molecule has 0 heterocycles. The first-order valence-electron chi connectivity index (χ1n) is 10.7. The van der Waals surface area contributed by atoms with Crippen molar-refractivity contribution in [2.24, 2.45) is 0 Å². The van der Waals surface area contributed by atoms with Gasteiger partial charge in [-0.1, -0.05) is 12.5 Å². The van der Waals surface area contributed by atoms with E-state index < -0.39 is 6.48 Å². The number of hydrogen-bond acceptors (Lipinski definition) is 7. The topological polar surface area (TPSA) is 72.5 Å². The van der Waals surface area contributed by atoms with Gasteiger partial charge in [0.05, 0.1) is 6.61 Å². The van der Waals surface area contributed by atoms with Crippen LogP contribution in [0.1, 0.15) is 58.1 Å². The Kier molecular flexibility index (Phi) is 9.05. The van der Waals surface area contributed by atoms with Crippen LogP contribution >= 0.6 is 0 Å². The van der Waals surface area contributed by atoms with Crippen molar-refractivity contribution in [2.45, 2.75) is 44.2 Å². The van der Waals surface area contributed by atoms with Gasteiger partial charge in [0.25, 0.3) is 0 Å². The van der Waals surface area contributed by atoms with Gasteiger partial charge in [0.15, 0.2) is 6.79 Å². The summed E-state index contributed by atoms with van der Waals surface area (Å²) in [6.45, 7) is -0.170. The number of carbonyl (C=O) groups is 1. The standard InChI is InChI=1S/C25H32O7/c1-27-15-17-10-19(12-21(11-17)32-25(29-3)30-4)22-6-5-7-23(22)24-13-20(31-16-28-2)9-8-18(24)14-26/h8-14,22-23,25H,5-7,15-16H2,1-4H3. The Morgan fingerprint density at radius 3 is 2.41 bits per heavy atom. The minimum absolute atomic E-state index is 0.161. The second-order valence-electron chi connectivity index (χ2n) is 7.82. The fourth-order valence-electron chi connectivity index (χ4n) is 4.45. The fourth-order valence-corrected chi connectivity index (χ4v) is 4.45. The van der Waals surface area contributed by atoms with E-state index in [1.54, 1.807) is 20.3 Å². The van der Waals surface area contributed by atoms with Gasteiger partial charge >= 0.3 is 6.48 Å². The van der Waals surface area contributed by atoms with Gasteiger partial charge in [-0.2, -0.15) is 0 Å². The predicted octanol–water partition coefficient (Wildman–Crippen LogP) is 4.63. The molecule has 2 unspecified atom stereocenters. The molecule has 1 aliphatic rings. The minimum atomic E-state index is -0.795. The quantitative estimate of drug-likeness (QED) is 0.349. The lowest BCUT2D eigenvalue weighted by Gasteiger charge is -2.24. The maximum atomic E-state index is 11.8. The van der Waals surface area contributed by atoms with Crippen molar-refractivity contribution in [1.82, 2.24) is 0 Å². The van der Waals surface area contributed by atoms with Crippen LogP contribution in [0.4, 0.5) is 0 Å². The molecule has 2 aromatic rings. The van der Waals surface area contributed by atoms with Gasteiger partial charge in [-0.15, -0.1) is 0 Å². The number of hydrogen-bond donors (Lipinski definition) is 0. The molecule has 1 saturated carbocycles. The maximum absolute atomic E-state index is 11.8. The van der Waals surface area contributed by atoms with E-state index >= 15 is 0 Å². The molecule has 0 N–H and O–H groups in total. The zero-order valence-corrected chi connectivity index (χ0v) is 19.2. The number of methoxy groups -OCH3 is 4. The van der Waals surface area contributed by atoms with Crippen LogP contribution in [0.3, 0.4) is 0 Å². The first kappa shape index (κ1) is 24.2. The van der Waals surface area contributed by atoms with Gasteiger partial charge in [-0.3, -0.25) is 4.79 Å². The smallest absolute Gasteiger partial charge is 0.315 e. The van der Waals surface area contributed by atoms with E-state index in [9.17, 15) is 4.79 Å². The number of rotatable bonds is 12. The summed E-state index contributed by atoms with van der Waals surface area (Å²) in [5.41, 5.74) is 3.84. The Balaban J connectivity index is 1.96. The zero-order valence-electron chi connectivity index (χ0n) is 19.2. The number of carbonyl (C=O) groups excluding carboxylic acids is 1. The molecule has 1 aliphatic carbocycles. The number of ether oxygens (including phenoxy) is 6. The van der Waals surface area contributed by atoms with Crippen molar-refractivity contribution in [3.05, 3.63) is 58.7 Å². The van der Waals surface area contributed by atoms with E-state index in [0.717, 1.165) is 42.2 Å². The van der Waals surface area contributed by atoms with Crippen LogP contribution in [0.15, 0.2) is 36.4 Å². The molecule has 0 bridgehead atoms. The zero-order chi connectivity index (χ0) is 22.9. The molecule has 1 fully saturated rings. The summed E-state index contributed by atoms with van der Waals surface area (Å²) >= 11 is 0. The van der Waals surface area contributed by atoms with Crippen LogP contribution in [0, 0.1) is 0 Å². The highest BCUT2D eigenvalue weighted by molar-refractivity contribution is 5.78. The SMILES string of the molecule is COCOc1ccc(C=O)c(C2CCCC2c2cc(COC)cc(OC(OC)OC)c2)c1. The molecule has 0 spiro atoms. The second-order valence-corrected chi connectivity index (χ2v) is 7.82. The van der Waals surface area contributed by atoms with Crippen molar-refractivity contribution < 1.29 is 33.2 Å². The molecule has 0 aromatic heterocycles. The fraction of sp³-hybridized carbons (Fsp3) is 0.480. The summed E-state index contributed by atoms with van der Waals surface area (Å²) in [4.78, 5) is 11.8. The van der Waals surface area contributed by atoms with E-state index in [-0.39, 0.29) is 18.6 Å². The first-order valence-corrected chi connectivity index (χ1v) is 10.7. The summed E-state index contributed by atoms with van der Waals surface area (Å²) in [7, 11) is 6.31. The monoisotopic (exact) mass is 444 g/mol. The Morgan fingerprint density at radius 1 is 0.938 bits per heavy atom. The Labute approximate surface area is 189 Å². The third-order valence-electron chi connectivity index (χ3n) is 5.79. The van der Waals surface area contributed by atoms with Gasteiger partial charge in [-0.05, 0) is 71.7 Å². The molecule has 7 heteroatoms. The summed E-state index contributed by atoms with van der Waals surface area (Å²) in [6, 6.07) is 11.7. The van der Waals surface area contributed by atoms with E-state index in [2.05, 4.69) is 6.07 Å². The molecule has 3 rings (SSSR count). The maximum Gasteiger partial charge on any atom is 0.315 e. The van der Waals surface area contributed by atoms with Crippen LogP contribution in [0.5, 0.6) is 11.5 Å². The third kappa shape index (κ3) is 5.86. The van der Waals surface area contributed by atoms with Gasteiger partial charge in [-0.25, -0.2) is 0 Å². The van der Waals surface area contributed by atoms with Crippen molar-refractivity contribution in [1.29, 1.82) is 0 Å². The van der Waals surface area contributed by atoms with E-state index in [1.165, 1.54) is 14.2 Å². The van der Waals surface area contributed by atoms with Crippen molar-refractivity contribution in [3.63, 3.8) is 0 Å². The highest BCUT2D eigenvalue weighted by Crippen LogP contribution is 2.48. The number of aldehydes is 1. The molecule has 0 radical (unpaired) electrons. The molecule has 0 amide bonds. The highest BCUT2D eigenvalue weighted by atomic mass is 16.8. The largest absolute Gasteiger partial charge is 0.468 e. The molecule has 0 aliphatic heterocycles. The normalized spacial score (nSPS) is 18.2. The van der Waals surface area contributed by atoms with Crippen LogP contribution in [0.2, 0.25) is 0 Å². The van der Waals surface area contributed by atoms with E-state index in [4.69, 9.17) is 28.4 Å².